The first-order valence-electron chi connectivity index (χ1n) is 10.6. The van der Waals surface area contributed by atoms with Crippen molar-refractivity contribution in [3.63, 3.8) is 0 Å². The molecule has 5 nitrogen and oxygen atoms in total. The fraction of sp³-hybridized carbons (Fsp3) is 0.280. The number of nitrogens with zero attached hydrogens (tertiary/aromatic N) is 2. The highest BCUT2D eigenvalue weighted by Gasteiger charge is 2.12. The molecule has 1 N–H and O–H groups in total. The predicted molar refractivity (Wildman–Crippen MR) is 121 cm³/mol. The number of para-hydroxylation sites is 2. The van der Waals surface area contributed by atoms with Crippen molar-refractivity contribution < 1.29 is 4.79 Å². The largest absolute Gasteiger partial charge is 0.354 e. The van der Waals surface area contributed by atoms with Crippen LogP contribution in [0.3, 0.4) is 0 Å². The summed E-state index contributed by atoms with van der Waals surface area (Å²) < 4.78 is 3.71. The Morgan fingerprint density at radius 2 is 1.63 bits per heavy atom. The average Bonchev–Trinajstić information content (AvgIpc) is 3.26. The average molecular weight is 402 g/mol. The lowest BCUT2D eigenvalue weighted by atomic mass is 10.1. The lowest BCUT2D eigenvalue weighted by Crippen LogP contribution is -2.33. The van der Waals surface area contributed by atoms with Gasteiger partial charge in [0.05, 0.1) is 11.0 Å². The molecule has 1 atom stereocenters. The second-order valence-corrected chi connectivity index (χ2v) is 7.81. The molecule has 2 aromatic carbocycles. The van der Waals surface area contributed by atoms with Crippen molar-refractivity contribution in [2.45, 2.75) is 45.2 Å². The second-order valence-electron chi connectivity index (χ2n) is 7.81. The van der Waals surface area contributed by atoms with Gasteiger partial charge in [0, 0.05) is 25.2 Å². The van der Waals surface area contributed by atoms with Gasteiger partial charge in [-0.15, -0.1) is 0 Å². The summed E-state index contributed by atoms with van der Waals surface area (Å²) in [6.07, 6.45) is 4.79. The van der Waals surface area contributed by atoms with Crippen molar-refractivity contribution in [3.05, 3.63) is 88.8 Å². The first-order valence-corrected chi connectivity index (χ1v) is 10.6. The Labute approximate surface area is 176 Å². The van der Waals surface area contributed by atoms with E-state index in [4.69, 9.17) is 0 Å². The predicted octanol–water partition coefficient (Wildman–Crippen LogP) is 4.17. The standard InChI is InChI=1S/C25H27N3O2/c1-19(15-16-20-9-3-2-4-10-20)26-24(29)14-8-18-28-22-12-6-5-11-21(22)27-17-7-13-23(27)25(28)30/h2-7,9-13,17,19H,8,14-16,18H2,1H3,(H,26,29)/t19-/m0/s1. The van der Waals surface area contributed by atoms with Gasteiger partial charge in [0.1, 0.15) is 5.52 Å². The molecule has 4 rings (SSSR count). The van der Waals surface area contributed by atoms with Crippen molar-refractivity contribution in [2.75, 3.05) is 0 Å². The Morgan fingerprint density at radius 1 is 0.933 bits per heavy atom. The molecule has 0 radical (unpaired) electrons. The Bertz CT molecular complexity index is 1210. The number of rotatable bonds is 8. The van der Waals surface area contributed by atoms with Gasteiger partial charge in [-0.1, -0.05) is 42.5 Å². The fourth-order valence-electron chi connectivity index (χ4n) is 3.98. The van der Waals surface area contributed by atoms with E-state index in [9.17, 15) is 9.59 Å². The highest BCUT2D eigenvalue weighted by Crippen LogP contribution is 2.15. The minimum Gasteiger partial charge on any atom is -0.354 e. The smallest absolute Gasteiger partial charge is 0.275 e. The molecule has 0 saturated heterocycles. The number of fused-ring (bicyclic) bond motifs is 3. The van der Waals surface area contributed by atoms with Crippen LogP contribution in [0.4, 0.5) is 0 Å². The third kappa shape index (κ3) is 4.30. The zero-order valence-electron chi connectivity index (χ0n) is 17.3. The number of hydrogen-bond acceptors (Lipinski definition) is 2. The highest BCUT2D eigenvalue weighted by atomic mass is 16.1. The third-order valence-corrected chi connectivity index (χ3v) is 5.55. The van der Waals surface area contributed by atoms with E-state index in [2.05, 4.69) is 17.4 Å². The molecule has 2 heterocycles. The Hall–Kier alpha value is -3.34. The molecule has 0 unspecified atom stereocenters. The maximum atomic E-state index is 12.9. The molecule has 154 valence electrons. The summed E-state index contributed by atoms with van der Waals surface area (Å²) in [4.78, 5) is 25.3. The summed E-state index contributed by atoms with van der Waals surface area (Å²) in [5.41, 5.74) is 3.81. The quantitative estimate of drug-likeness (QED) is 0.482. The van der Waals surface area contributed by atoms with Crippen LogP contribution in [0.25, 0.3) is 16.6 Å². The lowest BCUT2D eigenvalue weighted by molar-refractivity contribution is -0.121. The molecular formula is C25H27N3O2. The zero-order valence-corrected chi connectivity index (χ0v) is 17.3. The molecule has 0 spiro atoms. The van der Waals surface area contributed by atoms with E-state index in [1.54, 1.807) is 4.57 Å². The van der Waals surface area contributed by atoms with Crippen molar-refractivity contribution >= 4 is 22.5 Å². The molecule has 30 heavy (non-hydrogen) atoms. The summed E-state index contributed by atoms with van der Waals surface area (Å²) in [6.45, 7) is 2.56. The summed E-state index contributed by atoms with van der Waals surface area (Å²) in [5, 5.41) is 3.08. The zero-order chi connectivity index (χ0) is 20.9. The summed E-state index contributed by atoms with van der Waals surface area (Å²) in [6, 6.07) is 22.0. The Kier molecular flexibility index (Phi) is 5.98. The number of aromatic nitrogens is 2. The van der Waals surface area contributed by atoms with Crippen LogP contribution in [0.1, 0.15) is 31.7 Å². The minimum atomic E-state index is -0.0182. The number of benzene rings is 2. The van der Waals surface area contributed by atoms with Crippen LogP contribution in [-0.4, -0.2) is 20.9 Å². The van der Waals surface area contributed by atoms with E-state index in [1.165, 1.54) is 5.56 Å². The Balaban J connectivity index is 1.36. The summed E-state index contributed by atoms with van der Waals surface area (Å²) in [5.74, 6) is 0.0386. The Morgan fingerprint density at radius 3 is 2.43 bits per heavy atom. The molecular weight excluding hydrogens is 374 g/mol. The van der Waals surface area contributed by atoms with Crippen molar-refractivity contribution in [1.29, 1.82) is 0 Å². The molecule has 0 aliphatic heterocycles. The number of carbonyl (C=O) groups excluding carboxylic acids is 1. The van der Waals surface area contributed by atoms with E-state index in [1.807, 2.05) is 72.1 Å². The first kappa shape index (κ1) is 20.0. The number of nitrogens with one attached hydrogen (secondary N) is 1. The molecule has 2 aromatic heterocycles. The highest BCUT2D eigenvalue weighted by molar-refractivity contribution is 5.79. The van der Waals surface area contributed by atoms with Gasteiger partial charge in [-0.3, -0.25) is 9.59 Å². The normalized spacial score (nSPS) is 12.3. The number of aryl methyl sites for hydroxylation is 2. The van der Waals surface area contributed by atoms with E-state index in [0.717, 1.165) is 23.9 Å². The van der Waals surface area contributed by atoms with E-state index < -0.39 is 0 Å². The molecule has 4 aromatic rings. The second kappa shape index (κ2) is 8.99. The van der Waals surface area contributed by atoms with Crippen molar-refractivity contribution in [1.82, 2.24) is 14.3 Å². The van der Waals surface area contributed by atoms with Gasteiger partial charge in [0.25, 0.3) is 5.56 Å². The van der Waals surface area contributed by atoms with E-state index in [0.29, 0.717) is 24.9 Å². The first-order chi connectivity index (χ1) is 14.6. The van der Waals surface area contributed by atoms with Crippen LogP contribution >= 0.6 is 0 Å². The van der Waals surface area contributed by atoms with Gasteiger partial charge in [-0.25, -0.2) is 0 Å². The van der Waals surface area contributed by atoms with Crippen LogP contribution in [0.2, 0.25) is 0 Å². The molecule has 0 aliphatic rings. The molecule has 0 bridgehead atoms. The van der Waals surface area contributed by atoms with Crippen molar-refractivity contribution in [3.8, 4) is 0 Å². The monoisotopic (exact) mass is 401 g/mol. The van der Waals surface area contributed by atoms with E-state index >= 15 is 0 Å². The fourth-order valence-corrected chi connectivity index (χ4v) is 3.98. The van der Waals surface area contributed by atoms with Crippen LogP contribution in [0.15, 0.2) is 77.7 Å². The van der Waals surface area contributed by atoms with Crippen LogP contribution in [0.5, 0.6) is 0 Å². The van der Waals surface area contributed by atoms with E-state index in [-0.39, 0.29) is 17.5 Å². The molecule has 5 heteroatoms. The maximum Gasteiger partial charge on any atom is 0.275 e. The van der Waals surface area contributed by atoms with Gasteiger partial charge in [0.15, 0.2) is 0 Å². The van der Waals surface area contributed by atoms with Crippen LogP contribution in [0, 0.1) is 0 Å². The molecule has 0 saturated carbocycles. The number of carbonyl (C=O) groups is 1. The number of amides is 1. The van der Waals surface area contributed by atoms with Crippen molar-refractivity contribution in [2.24, 2.45) is 0 Å². The topological polar surface area (TPSA) is 55.5 Å². The summed E-state index contributed by atoms with van der Waals surface area (Å²) in [7, 11) is 0. The van der Waals surface area contributed by atoms with Gasteiger partial charge < -0.3 is 14.3 Å². The maximum absolute atomic E-state index is 12.9. The van der Waals surface area contributed by atoms with Gasteiger partial charge in [-0.05, 0) is 56.0 Å². The van der Waals surface area contributed by atoms with Gasteiger partial charge >= 0.3 is 0 Å². The molecule has 1 amide bonds. The van der Waals surface area contributed by atoms with Gasteiger partial charge in [0.2, 0.25) is 5.91 Å². The van der Waals surface area contributed by atoms with Crippen LogP contribution < -0.4 is 10.9 Å². The molecule has 0 aliphatic carbocycles. The lowest BCUT2D eigenvalue weighted by Gasteiger charge is -2.15. The molecule has 0 fully saturated rings. The van der Waals surface area contributed by atoms with Gasteiger partial charge in [-0.2, -0.15) is 0 Å². The third-order valence-electron chi connectivity index (χ3n) is 5.55. The minimum absolute atomic E-state index is 0.0182. The van der Waals surface area contributed by atoms with Crippen LogP contribution in [-0.2, 0) is 17.8 Å². The SMILES string of the molecule is C[C@@H](CCc1ccccc1)NC(=O)CCCn1c(=O)c2cccn2c2ccccc21. The summed E-state index contributed by atoms with van der Waals surface area (Å²) >= 11 is 0. The number of hydrogen-bond donors (Lipinski definition) is 1.